The van der Waals surface area contributed by atoms with Gasteiger partial charge < -0.3 is 4.90 Å². The minimum atomic E-state index is -0.233. The summed E-state index contributed by atoms with van der Waals surface area (Å²) in [6.45, 7) is 4.29. The predicted molar refractivity (Wildman–Crippen MR) is 81.3 cm³/mol. The fourth-order valence-electron chi connectivity index (χ4n) is 2.30. The number of hydrogen-bond acceptors (Lipinski definition) is 3. The van der Waals surface area contributed by atoms with Crippen LogP contribution < -0.4 is 11.3 Å². The molecule has 0 aromatic heterocycles. The van der Waals surface area contributed by atoms with E-state index in [0.717, 1.165) is 16.5 Å². The van der Waals surface area contributed by atoms with Gasteiger partial charge >= 0.3 is 0 Å². The average Bonchev–Trinajstić information content (AvgIpc) is 2.33. The van der Waals surface area contributed by atoms with Crippen molar-refractivity contribution in [1.82, 2.24) is 10.3 Å². The van der Waals surface area contributed by atoms with Crippen molar-refractivity contribution in [2.45, 2.75) is 38.3 Å². The Balaban J connectivity index is 2.98. The normalized spacial score (nSPS) is 16.4. The van der Waals surface area contributed by atoms with E-state index in [1.54, 1.807) is 6.07 Å². The number of nitrogens with two attached hydrogens (primary N) is 1. The molecule has 19 heavy (non-hydrogen) atoms. The predicted octanol–water partition coefficient (Wildman–Crippen LogP) is 2.69. The summed E-state index contributed by atoms with van der Waals surface area (Å²) >= 11 is 3.32. The number of halogens is 2. The molecule has 0 fully saturated rings. The maximum Gasteiger partial charge on any atom is 0.124 e. The fourth-order valence-corrected chi connectivity index (χ4v) is 2.81. The minimum Gasteiger partial charge on any atom is -0.302 e. The fraction of sp³-hybridized carbons (Fsp3) is 0.571. The molecule has 0 radical (unpaired) electrons. The van der Waals surface area contributed by atoms with Crippen LogP contribution in [0, 0.1) is 5.82 Å². The first-order valence-corrected chi connectivity index (χ1v) is 7.21. The maximum atomic E-state index is 13.4. The average molecular weight is 332 g/mol. The molecule has 108 valence electrons. The highest BCUT2D eigenvalue weighted by atomic mass is 79.9. The van der Waals surface area contributed by atoms with Crippen LogP contribution in [-0.2, 0) is 6.42 Å². The number of nitrogens with one attached hydrogen (secondary N) is 1. The number of nitrogens with zero attached hydrogens (tertiary/aromatic N) is 1. The Hall–Kier alpha value is -0.490. The molecule has 1 aromatic rings. The molecule has 0 aliphatic rings. The standard InChI is InChI=1S/C14H23BrFN3/c1-5-14(2,19(3)4)13(18-17)8-10-6-11(15)9-12(16)7-10/h6-7,9,13,18H,5,8,17H2,1-4H3. The molecule has 0 saturated carbocycles. The molecule has 0 heterocycles. The second kappa shape index (κ2) is 6.79. The number of likely N-dealkylation sites (N-methyl/N-ethyl adjacent to an activating group) is 1. The van der Waals surface area contributed by atoms with Gasteiger partial charge in [-0.1, -0.05) is 22.9 Å². The van der Waals surface area contributed by atoms with Crippen LogP contribution in [0.15, 0.2) is 22.7 Å². The lowest BCUT2D eigenvalue weighted by Gasteiger charge is -2.42. The van der Waals surface area contributed by atoms with Gasteiger partial charge in [0, 0.05) is 16.1 Å². The topological polar surface area (TPSA) is 41.3 Å². The van der Waals surface area contributed by atoms with Gasteiger partial charge in [0.15, 0.2) is 0 Å². The minimum absolute atomic E-state index is 0.0428. The van der Waals surface area contributed by atoms with E-state index < -0.39 is 0 Å². The van der Waals surface area contributed by atoms with Crippen molar-refractivity contribution in [3.8, 4) is 0 Å². The monoisotopic (exact) mass is 331 g/mol. The second-order valence-electron chi connectivity index (χ2n) is 5.31. The molecule has 5 heteroatoms. The maximum absolute atomic E-state index is 13.4. The van der Waals surface area contributed by atoms with E-state index in [9.17, 15) is 4.39 Å². The summed E-state index contributed by atoms with van der Waals surface area (Å²) in [5.74, 6) is 5.48. The van der Waals surface area contributed by atoms with Crippen molar-refractivity contribution in [2.75, 3.05) is 14.1 Å². The highest BCUT2D eigenvalue weighted by Gasteiger charge is 2.34. The van der Waals surface area contributed by atoms with Gasteiger partial charge in [0.2, 0.25) is 0 Å². The molecule has 3 N–H and O–H groups in total. The zero-order valence-electron chi connectivity index (χ0n) is 12.0. The lowest BCUT2D eigenvalue weighted by molar-refractivity contribution is 0.112. The highest BCUT2D eigenvalue weighted by Crippen LogP contribution is 2.25. The van der Waals surface area contributed by atoms with Crippen molar-refractivity contribution in [1.29, 1.82) is 0 Å². The van der Waals surface area contributed by atoms with Crippen LogP contribution >= 0.6 is 15.9 Å². The van der Waals surface area contributed by atoms with Crippen LogP contribution in [0.5, 0.6) is 0 Å². The van der Waals surface area contributed by atoms with Crippen LogP contribution in [-0.4, -0.2) is 30.6 Å². The second-order valence-corrected chi connectivity index (χ2v) is 6.22. The van der Waals surface area contributed by atoms with E-state index in [1.807, 2.05) is 20.2 Å². The van der Waals surface area contributed by atoms with Gasteiger partial charge in [0.25, 0.3) is 0 Å². The molecule has 0 aliphatic carbocycles. The Bertz CT molecular complexity index is 405. The van der Waals surface area contributed by atoms with Crippen LogP contribution in [0.4, 0.5) is 4.39 Å². The molecule has 2 unspecified atom stereocenters. The van der Waals surface area contributed by atoms with Crippen LogP contribution in [0.25, 0.3) is 0 Å². The lowest BCUT2D eigenvalue weighted by Crippen LogP contribution is -2.59. The first-order chi connectivity index (χ1) is 8.83. The summed E-state index contributed by atoms with van der Waals surface area (Å²) in [7, 11) is 4.07. The molecule has 1 aromatic carbocycles. The van der Waals surface area contributed by atoms with Crippen molar-refractivity contribution < 1.29 is 4.39 Å². The zero-order chi connectivity index (χ0) is 14.6. The molecule has 0 bridgehead atoms. The van der Waals surface area contributed by atoms with Gasteiger partial charge in [-0.3, -0.25) is 11.3 Å². The summed E-state index contributed by atoms with van der Waals surface area (Å²) in [6, 6.07) is 4.99. The van der Waals surface area contributed by atoms with E-state index in [-0.39, 0.29) is 17.4 Å². The van der Waals surface area contributed by atoms with Gasteiger partial charge in [-0.25, -0.2) is 4.39 Å². The number of rotatable bonds is 6. The van der Waals surface area contributed by atoms with E-state index in [2.05, 4.69) is 40.1 Å². The van der Waals surface area contributed by atoms with Gasteiger partial charge in [-0.2, -0.15) is 0 Å². The SMILES string of the molecule is CCC(C)(C(Cc1cc(F)cc(Br)c1)NN)N(C)C. The van der Waals surface area contributed by atoms with E-state index in [0.29, 0.717) is 6.42 Å². The molecule has 3 nitrogen and oxygen atoms in total. The van der Waals surface area contributed by atoms with Crippen molar-refractivity contribution in [3.05, 3.63) is 34.1 Å². The Morgan fingerprint density at radius 2 is 2.05 bits per heavy atom. The molecule has 0 spiro atoms. The quantitative estimate of drug-likeness (QED) is 0.622. The Labute approximate surface area is 123 Å². The van der Waals surface area contributed by atoms with Crippen LogP contribution in [0.1, 0.15) is 25.8 Å². The first kappa shape index (κ1) is 16.6. The summed E-state index contributed by atoms with van der Waals surface area (Å²) in [5, 5.41) is 0. The van der Waals surface area contributed by atoms with Crippen molar-refractivity contribution >= 4 is 15.9 Å². The van der Waals surface area contributed by atoms with Crippen molar-refractivity contribution in [3.63, 3.8) is 0 Å². The largest absolute Gasteiger partial charge is 0.302 e. The van der Waals surface area contributed by atoms with E-state index >= 15 is 0 Å². The third kappa shape index (κ3) is 3.99. The van der Waals surface area contributed by atoms with Crippen LogP contribution in [0.3, 0.4) is 0 Å². The number of benzene rings is 1. The Kier molecular flexibility index (Phi) is 5.92. The summed E-state index contributed by atoms with van der Waals surface area (Å²) in [5.41, 5.74) is 3.72. The number of hydrogen-bond donors (Lipinski definition) is 2. The molecular formula is C14H23BrFN3. The van der Waals surface area contributed by atoms with E-state index in [1.165, 1.54) is 6.07 Å². The third-order valence-corrected chi connectivity index (χ3v) is 4.51. The highest BCUT2D eigenvalue weighted by molar-refractivity contribution is 9.10. The summed E-state index contributed by atoms with van der Waals surface area (Å²) in [4.78, 5) is 2.16. The molecular weight excluding hydrogens is 309 g/mol. The molecule has 0 saturated heterocycles. The first-order valence-electron chi connectivity index (χ1n) is 6.42. The number of hydrazine groups is 1. The third-order valence-electron chi connectivity index (χ3n) is 4.05. The van der Waals surface area contributed by atoms with Crippen LogP contribution in [0.2, 0.25) is 0 Å². The lowest BCUT2D eigenvalue weighted by atomic mass is 9.84. The Morgan fingerprint density at radius 1 is 1.42 bits per heavy atom. The zero-order valence-corrected chi connectivity index (χ0v) is 13.6. The van der Waals surface area contributed by atoms with Crippen molar-refractivity contribution in [2.24, 2.45) is 5.84 Å². The summed E-state index contributed by atoms with van der Waals surface area (Å²) in [6.07, 6.45) is 1.63. The van der Waals surface area contributed by atoms with Gasteiger partial charge in [-0.15, -0.1) is 0 Å². The molecule has 0 amide bonds. The van der Waals surface area contributed by atoms with Gasteiger partial charge in [0.1, 0.15) is 5.82 Å². The van der Waals surface area contributed by atoms with E-state index in [4.69, 9.17) is 5.84 Å². The Morgan fingerprint density at radius 3 is 2.47 bits per heavy atom. The molecule has 2 atom stereocenters. The smallest absolute Gasteiger partial charge is 0.124 e. The van der Waals surface area contributed by atoms with Gasteiger partial charge in [0.05, 0.1) is 0 Å². The molecule has 1 rings (SSSR count). The molecule has 0 aliphatic heterocycles. The van der Waals surface area contributed by atoms with Gasteiger partial charge in [-0.05, 0) is 57.6 Å². The summed E-state index contributed by atoms with van der Waals surface area (Å²) < 4.78 is 14.2.